The average molecular weight is 484 g/mol. The van der Waals surface area contributed by atoms with Crippen LogP contribution in [0, 0.1) is 11.7 Å². The number of aliphatic hydroxyl groups is 1. The lowest BCUT2D eigenvalue weighted by atomic mass is 9.94. The summed E-state index contributed by atoms with van der Waals surface area (Å²) in [5.74, 6) is -2.30. The fourth-order valence-electron chi connectivity index (χ4n) is 3.30. The van der Waals surface area contributed by atoms with Crippen molar-refractivity contribution in [2.24, 2.45) is 5.92 Å². The topological polar surface area (TPSA) is 114 Å². The van der Waals surface area contributed by atoms with Crippen LogP contribution in [0.15, 0.2) is 60.7 Å². The maximum Gasteiger partial charge on any atom is 0.305 e. The number of ether oxygens (including phenoxy) is 1. The molecule has 1 amide bonds. The predicted octanol–water partition coefficient (Wildman–Crippen LogP) is 3.61. The van der Waals surface area contributed by atoms with E-state index in [2.05, 4.69) is 10.4 Å². The van der Waals surface area contributed by atoms with Gasteiger partial charge in [-0.25, -0.2) is 4.39 Å². The molecule has 0 spiro atoms. The van der Waals surface area contributed by atoms with Crippen LogP contribution in [0.1, 0.15) is 43.2 Å². The van der Waals surface area contributed by atoms with E-state index < -0.39 is 29.3 Å². The number of amides is 1. The number of carboxylic acid groups (broad SMARTS) is 1. The fraction of sp³-hybridized carbons (Fsp3) is 0.346. The zero-order valence-corrected chi connectivity index (χ0v) is 19.9. The summed E-state index contributed by atoms with van der Waals surface area (Å²) in [6, 6.07) is 15.8. The van der Waals surface area contributed by atoms with Gasteiger partial charge in [0.2, 0.25) is 5.88 Å². The molecule has 0 radical (unpaired) electrons. The van der Waals surface area contributed by atoms with Crippen molar-refractivity contribution in [3.8, 4) is 11.6 Å². The van der Waals surface area contributed by atoms with Gasteiger partial charge in [-0.3, -0.25) is 9.59 Å². The van der Waals surface area contributed by atoms with E-state index in [9.17, 15) is 24.2 Å². The lowest BCUT2D eigenvalue weighted by Crippen LogP contribution is -2.38. The zero-order valence-electron chi connectivity index (χ0n) is 19.9. The van der Waals surface area contributed by atoms with Crippen molar-refractivity contribution in [3.05, 3.63) is 77.7 Å². The van der Waals surface area contributed by atoms with Crippen LogP contribution in [0.3, 0.4) is 0 Å². The summed E-state index contributed by atoms with van der Waals surface area (Å²) >= 11 is 0. The van der Waals surface area contributed by atoms with Crippen molar-refractivity contribution in [2.75, 3.05) is 6.61 Å². The van der Waals surface area contributed by atoms with E-state index in [1.807, 2.05) is 44.2 Å². The monoisotopic (exact) mass is 483 g/mol. The molecule has 3 aromatic rings. The first-order valence-electron chi connectivity index (χ1n) is 11.3. The molecule has 0 aliphatic rings. The third kappa shape index (κ3) is 6.89. The summed E-state index contributed by atoms with van der Waals surface area (Å²) in [4.78, 5) is 24.4. The van der Waals surface area contributed by atoms with Crippen molar-refractivity contribution in [1.29, 1.82) is 0 Å². The van der Waals surface area contributed by atoms with E-state index in [0.717, 1.165) is 10.2 Å². The Kier molecular flexibility index (Phi) is 8.24. The number of para-hydroxylation sites is 1. The second-order valence-corrected chi connectivity index (χ2v) is 8.99. The van der Waals surface area contributed by atoms with Gasteiger partial charge in [-0.1, -0.05) is 56.3 Å². The van der Waals surface area contributed by atoms with Crippen LogP contribution < -0.4 is 10.1 Å². The van der Waals surface area contributed by atoms with Gasteiger partial charge in [-0.15, -0.1) is 0 Å². The van der Waals surface area contributed by atoms with E-state index in [4.69, 9.17) is 4.74 Å². The van der Waals surface area contributed by atoms with Crippen LogP contribution in [0.4, 0.5) is 4.39 Å². The number of carbonyl (C=O) groups excluding carboxylic acids is 1. The Balaban J connectivity index is 1.88. The smallest absolute Gasteiger partial charge is 0.305 e. The Morgan fingerprint density at radius 1 is 1.14 bits per heavy atom. The second-order valence-electron chi connectivity index (χ2n) is 8.99. The maximum absolute atomic E-state index is 14.5. The van der Waals surface area contributed by atoms with Gasteiger partial charge in [-0.2, -0.15) is 9.78 Å². The molecular weight excluding hydrogens is 453 g/mol. The minimum absolute atomic E-state index is 0.0668. The van der Waals surface area contributed by atoms with E-state index >= 15 is 0 Å². The summed E-state index contributed by atoms with van der Waals surface area (Å²) in [5, 5.41) is 26.8. The first-order chi connectivity index (χ1) is 16.6. The highest BCUT2D eigenvalue weighted by atomic mass is 19.1. The number of carboxylic acids is 1. The number of nitrogens with zero attached hydrogens (tertiary/aromatic N) is 2. The molecule has 3 N–H and O–H groups in total. The van der Waals surface area contributed by atoms with Crippen LogP contribution in [0.5, 0.6) is 5.88 Å². The Bertz CT molecular complexity index is 1160. The number of rotatable bonds is 11. The van der Waals surface area contributed by atoms with Crippen molar-refractivity contribution >= 4 is 11.9 Å². The fourth-order valence-corrected chi connectivity index (χ4v) is 3.30. The number of carbonyl (C=O) groups is 2. The van der Waals surface area contributed by atoms with Gasteiger partial charge >= 0.3 is 5.97 Å². The third-order valence-electron chi connectivity index (χ3n) is 5.83. The number of benzene rings is 2. The SMILES string of the molecule is CC(C)[C@](C)(O)COc1cc(C(=O)N[C@H](CC(=O)O)Cc2ccccc2)nn1-c1ccccc1F. The standard InChI is InChI=1S/C26H30FN3O5/c1-17(2)26(3,34)16-35-23-15-21(29-30(23)22-12-8-7-11-20(22)27)25(33)28-19(14-24(31)32)13-18-9-5-4-6-10-18/h4-12,15,17,19,34H,13-14,16H2,1-3H3,(H,28,33)(H,31,32)/t19-,26+/m0/s1. The molecule has 0 bridgehead atoms. The number of nitrogens with one attached hydrogen (secondary N) is 1. The largest absolute Gasteiger partial charge is 0.481 e. The molecule has 3 rings (SSSR count). The van der Waals surface area contributed by atoms with Crippen LogP contribution in [0.2, 0.25) is 0 Å². The summed E-state index contributed by atoms with van der Waals surface area (Å²) in [5.41, 5.74) is -0.307. The lowest BCUT2D eigenvalue weighted by molar-refractivity contribution is -0.137. The highest BCUT2D eigenvalue weighted by molar-refractivity contribution is 5.93. The van der Waals surface area contributed by atoms with E-state index in [-0.39, 0.29) is 36.2 Å². The van der Waals surface area contributed by atoms with E-state index in [1.54, 1.807) is 13.0 Å². The second kappa shape index (κ2) is 11.1. The van der Waals surface area contributed by atoms with Crippen LogP contribution in [0.25, 0.3) is 5.69 Å². The first-order valence-corrected chi connectivity index (χ1v) is 11.3. The van der Waals surface area contributed by atoms with Gasteiger partial charge in [0.1, 0.15) is 18.1 Å². The van der Waals surface area contributed by atoms with E-state index in [1.165, 1.54) is 24.3 Å². The molecule has 2 atom stereocenters. The minimum Gasteiger partial charge on any atom is -0.481 e. The Hall–Kier alpha value is -3.72. The molecule has 1 aromatic heterocycles. The molecule has 0 saturated heterocycles. The normalized spacial score (nSPS) is 13.8. The molecule has 0 fully saturated rings. The first kappa shape index (κ1) is 25.9. The number of aliphatic carboxylic acids is 1. The highest BCUT2D eigenvalue weighted by Gasteiger charge is 2.28. The van der Waals surface area contributed by atoms with Crippen LogP contribution in [-0.2, 0) is 11.2 Å². The molecule has 8 nitrogen and oxygen atoms in total. The van der Waals surface area contributed by atoms with Crippen molar-refractivity contribution in [2.45, 2.75) is 45.3 Å². The van der Waals surface area contributed by atoms with Gasteiger partial charge in [0, 0.05) is 12.1 Å². The molecule has 0 aliphatic heterocycles. The maximum atomic E-state index is 14.5. The molecule has 0 aliphatic carbocycles. The molecule has 1 heterocycles. The quantitative estimate of drug-likeness (QED) is 0.384. The molecule has 35 heavy (non-hydrogen) atoms. The van der Waals surface area contributed by atoms with Crippen LogP contribution >= 0.6 is 0 Å². The predicted molar refractivity (Wildman–Crippen MR) is 128 cm³/mol. The summed E-state index contributed by atoms with van der Waals surface area (Å²) in [7, 11) is 0. The van der Waals surface area contributed by atoms with Gasteiger partial charge < -0.3 is 20.3 Å². The Labute approximate surface area is 203 Å². The molecule has 186 valence electrons. The number of hydrogen-bond donors (Lipinski definition) is 3. The zero-order chi connectivity index (χ0) is 25.6. The number of hydrogen-bond acceptors (Lipinski definition) is 5. The van der Waals surface area contributed by atoms with Gasteiger partial charge in [-0.05, 0) is 37.0 Å². The summed E-state index contributed by atoms with van der Waals surface area (Å²) in [6.45, 7) is 5.19. The lowest BCUT2D eigenvalue weighted by Gasteiger charge is -2.27. The summed E-state index contributed by atoms with van der Waals surface area (Å²) < 4.78 is 21.5. The van der Waals surface area contributed by atoms with Gasteiger partial charge in [0.05, 0.1) is 12.0 Å². The van der Waals surface area contributed by atoms with Gasteiger partial charge in [0.15, 0.2) is 5.69 Å². The molecular formula is C26H30FN3O5. The number of aromatic nitrogens is 2. The third-order valence-corrected chi connectivity index (χ3v) is 5.83. The minimum atomic E-state index is -1.17. The summed E-state index contributed by atoms with van der Waals surface area (Å²) in [6.07, 6.45) is 0.0305. The highest BCUT2D eigenvalue weighted by Crippen LogP contribution is 2.24. The Morgan fingerprint density at radius 3 is 2.43 bits per heavy atom. The molecule has 0 unspecified atom stereocenters. The molecule has 0 saturated carbocycles. The van der Waals surface area contributed by atoms with Gasteiger partial charge in [0.25, 0.3) is 5.91 Å². The number of halogens is 1. The van der Waals surface area contributed by atoms with Crippen molar-refractivity contribution < 1.29 is 28.9 Å². The molecule has 9 heteroatoms. The van der Waals surface area contributed by atoms with Crippen LogP contribution in [-0.4, -0.2) is 50.1 Å². The molecule has 2 aromatic carbocycles. The van der Waals surface area contributed by atoms with Crippen molar-refractivity contribution in [1.82, 2.24) is 15.1 Å². The van der Waals surface area contributed by atoms with E-state index in [0.29, 0.717) is 6.42 Å². The average Bonchev–Trinajstić information content (AvgIpc) is 3.22. The Morgan fingerprint density at radius 2 is 1.80 bits per heavy atom. The van der Waals surface area contributed by atoms with Crippen molar-refractivity contribution in [3.63, 3.8) is 0 Å².